The van der Waals surface area contributed by atoms with Gasteiger partial charge in [-0.3, -0.25) is 19.4 Å². The maximum Gasteiger partial charge on any atom is 0.256 e. The van der Waals surface area contributed by atoms with Crippen LogP contribution in [0.5, 0.6) is 0 Å². The van der Waals surface area contributed by atoms with E-state index in [0.29, 0.717) is 12.7 Å². The molecule has 1 atom stereocenters. The normalized spacial score (nSPS) is 23.6. The average Bonchev–Trinajstić information content (AvgIpc) is 3.07. The van der Waals surface area contributed by atoms with Crippen LogP contribution in [0.15, 0.2) is 54.6 Å². The molecule has 2 aromatic rings. The predicted molar refractivity (Wildman–Crippen MR) is 117 cm³/mol. The Balaban J connectivity index is 1.36. The molecule has 0 N–H and O–H groups in total. The van der Waals surface area contributed by atoms with Crippen LogP contribution in [0.4, 0.5) is 5.69 Å². The summed E-state index contributed by atoms with van der Waals surface area (Å²) in [6.07, 6.45) is 4.94. The van der Waals surface area contributed by atoms with Gasteiger partial charge in [-0.05, 0) is 55.4 Å². The molecule has 2 fully saturated rings. The Labute approximate surface area is 178 Å². The van der Waals surface area contributed by atoms with Gasteiger partial charge in [-0.15, -0.1) is 0 Å². The van der Waals surface area contributed by atoms with E-state index < -0.39 is 5.54 Å². The summed E-state index contributed by atoms with van der Waals surface area (Å²) in [6, 6.07) is 19.4. The summed E-state index contributed by atoms with van der Waals surface area (Å²) in [4.78, 5) is 31.7. The largest absolute Gasteiger partial charge is 0.338 e. The third kappa shape index (κ3) is 3.12. The molecule has 1 aliphatic carbocycles. The molecule has 3 aliphatic rings. The van der Waals surface area contributed by atoms with Crippen LogP contribution < -0.4 is 4.90 Å². The standard InChI is InChI=1S/C25H29N3O2/c1-19(29)27-18-28(22-9-3-2-4-10-22)25(24(27)30)13-15-26(16-14-25)23-12-11-20-7-5-6-8-21(20)17-23/h2-10,23H,11-18H2,1H3. The number of likely N-dealkylation sites (tertiary alicyclic amines) is 1. The topological polar surface area (TPSA) is 43.9 Å². The van der Waals surface area contributed by atoms with E-state index in [2.05, 4.69) is 34.1 Å². The van der Waals surface area contributed by atoms with Crippen LogP contribution in [0.2, 0.25) is 0 Å². The highest BCUT2D eigenvalue weighted by molar-refractivity contribution is 6.04. The highest BCUT2D eigenvalue weighted by Gasteiger charge is 2.55. The zero-order chi connectivity index (χ0) is 20.7. The molecule has 0 saturated carbocycles. The summed E-state index contributed by atoms with van der Waals surface area (Å²) in [7, 11) is 0. The quantitative estimate of drug-likeness (QED) is 0.772. The third-order valence-corrected chi connectivity index (χ3v) is 7.35. The van der Waals surface area contributed by atoms with Crippen molar-refractivity contribution in [3.8, 4) is 0 Å². The SMILES string of the molecule is CC(=O)N1CN(c2ccccc2)C2(CCN(C3CCc4ccccc4C3)CC2)C1=O. The zero-order valence-electron chi connectivity index (χ0n) is 17.6. The average molecular weight is 404 g/mol. The molecule has 2 saturated heterocycles. The molecule has 5 heteroatoms. The Morgan fingerprint density at radius 2 is 1.63 bits per heavy atom. The number of piperidine rings is 1. The maximum atomic E-state index is 13.4. The van der Waals surface area contributed by atoms with Crippen LogP contribution in [0, 0.1) is 0 Å². The molecule has 0 bridgehead atoms. The lowest BCUT2D eigenvalue weighted by molar-refractivity contribution is -0.143. The van der Waals surface area contributed by atoms with Crippen LogP contribution in [-0.4, -0.2) is 53.0 Å². The molecule has 2 heterocycles. The number of imide groups is 1. The summed E-state index contributed by atoms with van der Waals surface area (Å²) in [5.41, 5.74) is 3.38. The van der Waals surface area contributed by atoms with Crippen molar-refractivity contribution in [2.45, 2.75) is 50.6 Å². The number of rotatable bonds is 2. The molecule has 1 spiro atoms. The number of hydrogen-bond donors (Lipinski definition) is 0. The Bertz CT molecular complexity index is 950. The van der Waals surface area contributed by atoms with E-state index >= 15 is 0 Å². The number of anilines is 1. The first kappa shape index (κ1) is 19.3. The van der Waals surface area contributed by atoms with Crippen molar-refractivity contribution in [2.75, 3.05) is 24.7 Å². The fourth-order valence-corrected chi connectivity index (χ4v) is 5.62. The molecular formula is C25H29N3O2. The molecule has 1 unspecified atom stereocenters. The minimum Gasteiger partial charge on any atom is -0.338 e. The fourth-order valence-electron chi connectivity index (χ4n) is 5.62. The molecule has 5 nitrogen and oxygen atoms in total. The van der Waals surface area contributed by atoms with Crippen molar-refractivity contribution in [3.05, 3.63) is 65.7 Å². The number of fused-ring (bicyclic) bond motifs is 1. The van der Waals surface area contributed by atoms with Gasteiger partial charge in [0.05, 0.1) is 0 Å². The molecule has 2 amide bonds. The summed E-state index contributed by atoms with van der Waals surface area (Å²) >= 11 is 0. The minimum atomic E-state index is -0.601. The van der Waals surface area contributed by atoms with Crippen LogP contribution in [0.25, 0.3) is 0 Å². The molecule has 156 valence electrons. The number of para-hydroxylation sites is 1. The molecule has 2 aliphatic heterocycles. The van der Waals surface area contributed by atoms with Crippen LogP contribution >= 0.6 is 0 Å². The predicted octanol–water partition coefficient (Wildman–Crippen LogP) is 3.23. The molecule has 2 aromatic carbocycles. The maximum absolute atomic E-state index is 13.4. The number of amides is 2. The number of aryl methyl sites for hydroxylation is 1. The van der Waals surface area contributed by atoms with E-state index in [1.807, 2.05) is 30.3 Å². The minimum absolute atomic E-state index is 0.0208. The highest BCUT2D eigenvalue weighted by atomic mass is 16.2. The lowest BCUT2D eigenvalue weighted by Gasteiger charge is -2.46. The Morgan fingerprint density at radius 3 is 2.33 bits per heavy atom. The number of benzene rings is 2. The van der Waals surface area contributed by atoms with Crippen molar-refractivity contribution in [3.63, 3.8) is 0 Å². The van der Waals surface area contributed by atoms with Crippen molar-refractivity contribution in [2.24, 2.45) is 0 Å². The Kier molecular flexibility index (Phi) is 4.86. The first-order valence-corrected chi connectivity index (χ1v) is 11.0. The van der Waals surface area contributed by atoms with Gasteiger partial charge in [0.15, 0.2) is 0 Å². The number of carbonyl (C=O) groups excluding carboxylic acids is 2. The second kappa shape index (κ2) is 7.55. The van der Waals surface area contributed by atoms with Crippen LogP contribution in [-0.2, 0) is 22.4 Å². The smallest absolute Gasteiger partial charge is 0.256 e. The number of hydrogen-bond acceptors (Lipinski definition) is 4. The van der Waals surface area contributed by atoms with Crippen molar-refractivity contribution < 1.29 is 9.59 Å². The van der Waals surface area contributed by atoms with Crippen molar-refractivity contribution >= 4 is 17.5 Å². The highest BCUT2D eigenvalue weighted by Crippen LogP contribution is 2.40. The van der Waals surface area contributed by atoms with Crippen LogP contribution in [0.1, 0.15) is 37.3 Å². The molecular weight excluding hydrogens is 374 g/mol. The molecule has 0 radical (unpaired) electrons. The molecule has 0 aromatic heterocycles. The monoisotopic (exact) mass is 403 g/mol. The van der Waals surface area contributed by atoms with Gasteiger partial charge in [-0.2, -0.15) is 0 Å². The number of nitrogens with zero attached hydrogens (tertiary/aromatic N) is 3. The van der Waals surface area contributed by atoms with E-state index in [4.69, 9.17) is 0 Å². The number of carbonyl (C=O) groups is 2. The van der Waals surface area contributed by atoms with Gasteiger partial charge in [0.2, 0.25) is 5.91 Å². The lowest BCUT2D eigenvalue weighted by atomic mass is 9.82. The Morgan fingerprint density at radius 1 is 0.967 bits per heavy atom. The van der Waals surface area contributed by atoms with Gasteiger partial charge >= 0.3 is 0 Å². The van der Waals surface area contributed by atoms with Crippen molar-refractivity contribution in [1.82, 2.24) is 9.80 Å². The second-order valence-electron chi connectivity index (χ2n) is 8.89. The van der Waals surface area contributed by atoms with E-state index in [0.717, 1.165) is 44.5 Å². The lowest BCUT2D eigenvalue weighted by Crippen LogP contribution is -2.58. The first-order chi connectivity index (χ1) is 14.6. The first-order valence-electron chi connectivity index (χ1n) is 11.0. The van der Waals surface area contributed by atoms with Gasteiger partial charge in [-0.25, -0.2) is 0 Å². The van der Waals surface area contributed by atoms with Gasteiger partial charge in [0.1, 0.15) is 12.2 Å². The molecule has 5 rings (SSSR count). The van der Waals surface area contributed by atoms with Crippen LogP contribution in [0.3, 0.4) is 0 Å². The van der Waals surface area contributed by atoms with Gasteiger partial charge in [0, 0.05) is 31.7 Å². The summed E-state index contributed by atoms with van der Waals surface area (Å²) < 4.78 is 0. The fraction of sp³-hybridized carbons (Fsp3) is 0.440. The van der Waals surface area contributed by atoms with Crippen molar-refractivity contribution in [1.29, 1.82) is 0 Å². The van der Waals surface area contributed by atoms with Gasteiger partial charge < -0.3 is 4.90 Å². The van der Waals surface area contributed by atoms with E-state index in [-0.39, 0.29) is 11.8 Å². The third-order valence-electron chi connectivity index (χ3n) is 7.35. The summed E-state index contributed by atoms with van der Waals surface area (Å²) in [5, 5.41) is 0. The second-order valence-corrected chi connectivity index (χ2v) is 8.89. The van der Waals surface area contributed by atoms with E-state index in [9.17, 15) is 9.59 Å². The van der Waals surface area contributed by atoms with Gasteiger partial charge in [0.25, 0.3) is 5.91 Å². The van der Waals surface area contributed by atoms with E-state index in [1.165, 1.54) is 29.4 Å². The zero-order valence-corrected chi connectivity index (χ0v) is 17.6. The van der Waals surface area contributed by atoms with Gasteiger partial charge in [-0.1, -0.05) is 42.5 Å². The summed E-state index contributed by atoms with van der Waals surface area (Å²) in [6.45, 7) is 3.64. The summed E-state index contributed by atoms with van der Waals surface area (Å²) in [5.74, 6) is -0.184. The van der Waals surface area contributed by atoms with E-state index in [1.54, 1.807) is 0 Å². The Hall–Kier alpha value is -2.66. The molecule has 30 heavy (non-hydrogen) atoms.